The van der Waals surface area contributed by atoms with Crippen LogP contribution in [0.1, 0.15) is 50.3 Å². The van der Waals surface area contributed by atoms with Gasteiger partial charge in [-0.3, -0.25) is 9.58 Å². The Kier molecular flexibility index (Phi) is 3.52. The van der Waals surface area contributed by atoms with Crippen LogP contribution in [0.25, 0.3) is 0 Å². The van der Waals surface area contributed by atoms with Crippen LogP contribution in [0.4, 0.5) is 0 Å². The monoisotopic (exact) mass is 274 g/mol. The van der Waals surface area contributed by atoms with Crippen LogP contribution < -0.4 is 0 Å². The fraction of sp³-hybridized carbons (Fsp3) is 0.812. The van der Waals surface area contributed by atoms with Crippen molar-refractivity contribution >= 4 is 0 Å². The molecule has 2 fully saturated rings. The van der Waals surface area contributed by atoms with E-state index in [1.807, 2.05) is 6.20 Å². The minimum Gasteiger partial charge on any atom is -0.303 e. The molecule has 4 heteroatoms. The lowest BCUT2D eigenvalue weighted by molar-refractivity contribution is 0.0703. The molecule has 20 heavy (non-hydrogen) atoms. The summed E-state index contributed by atoms with van der Waals surface area (Å²) in [7, 11) is 0. The van der Waals surface area contributed by atoms with Gasteiger partial charge in [0.15, 0.2) is 0 Å². The van der Waals surface area contributed by atoms with Crippen molar-refractivity contribution in [2.45, 2.75) is 57.2 Å². The minimum atomic E-state index is 0.593. The second kappa shape index (κ2) is 5.49. The summed E-state index contributed by atoms with van der Waals surface area (Å²) in [6.07, 6.45) is 10.3. The van der Waals surface area contributed by atoms with Crippen LogP contribution in [0, 0.1) is 0 Å². The summed E-state index contributed by atoms with van der Waals surface area (Å²) < 4.78 is 2.31. The second-order valence-corrected chi connectivity index (χ2v) is 6.77. The first kappa shape index (κ1) is 12.8. The maximum atomic E-state index is 4.59. The van der Waals surface area contributed by atoms with Gasteiger partial charge >= 0.3 is 0 Å². The lowest BCUT2D eigenvalue weighted by Crippen LogP contribution is -2.47. The molecule has 4 rings (SSSR count). The lowest BCUT2D eigenvalue weighted by atomic mass is 9.90. The first-order chi connectivity index (χ1) is 9.90. The van der Waals surface area contributed by atoms with Gasteiger partial charge in [-0.2, -0.15) is 5.10 Å². The summed E-state index contributed by atoms with van der Waals surface area (Å²) in [5.74, 6) is 0. The molecule has 110 valence electrons. The number of hydrogen-bond donors (Lipinski definition) is 0. The molecule has 1 saturated heterocycles. The standard InChI is InChI=1S/C16H26N4/c1-2-10-18(9-1)11-7-16-13-19(14-4-3-5-14)12-15-6-8-17-20(15)16/h6,8,14,16H,1-5,7,9-13H2/t16-/m1/s1. The summed E-state index contributed by atoms with van der Waals surface area (Å²) in [5.41, 5.74) is 1.43. The molecule has 2 aliphatic heterocycles. The molecule has 1 aromatic heterocycles. The van der Waals surface area contributed by atoms with Crippen molar-refractivity contribution in [1.29, 1.82) is 0 Å². The van der Waals surface area contributed by atoms with Crippen molar-refractivity contribution in [3.8, 4) is 0 Å². The van der Waals surface area contributed by atoms with Crippen molar-refractivity contribution < 1.29 is 0 Å². The van der Waals surface area contributed by atoms with Crippen molar-refractivity contribution in [2.75, 3.05) is 26.2 Å². The van der Waals surface area contributed by atoms with E-state index in [4.69, 9.17) is 0 Å². The third kappa shape index (κ3) is 2.40. The van der Waals surface area contributed by atoms with Gasteiger partial charge in [0, 0.05) is 31.9 Å². The van der Waals surface area contributed by atoms with E-state index < -0.39 is 0 Å². The smallest absolute Gasteiger partial charge is 0.0662 e. The van der Waals surface area contributed by atoms with Crippen molar-refractivity contribution in [3.05, 3.63) is 18.0 Å². The molecule has 3 aliphatic rings. The predicted molar refractivity (Wildman–Crippen MR) is 79.6 cm³/mol. The predicted octanol–water partition coefficient (Wildman–Crippen LogP) is 2.28. The Balaban J connectivity index is 1.43. The van der Waals surface area contributed by atoms with E-state index in [-0.39, 0.29) is 0 Å². The van der Waals surface area contributed by atoms with Gasteiger partial charge in [-0.05, 0) is 51.3 Å². The van der Waals surface area contributed by atoms with Gasteiger partial charge in [0.05, 0.1) is 11.7 Å². The Morgan fingerprint density at radius 1 is 1.15 bits per heavy atom. The summed E-state index contributed by atoms with van der Waals surface area (Å²) >= 11 is 0. The van der Waals surface area contributed by atoms with Gasteiger partial charge in [-0.15, -0.1) is 0 Å². The molecule has 0 bridgehead atoms. The van der Waals surface area contributed by atoms with E-state index in [1.165, 1.54) is 70.4 Å². The molecule has 0 unspecified atom stereocenters. The highest BCUT2D eigenvalue weighted by Gasteiger charge is 2.32. The van der Waals surface area contributed by atoms with Crippen molar-refractivity contribution in [3.63, 3.8) is 0 Å². The average Bonchev–Trinajstić information content (AvgIpc) is 3.04. The first-order valence-corrected chi connectivity index (χ1v) is 8.39. The minimum absolute atomic E-state index is 0.593. The van der Waals surface area contributed by atoms with E-state index in [9.17, 15) is 0 Å². The van der Waals surface area contributed by atoms with Gasteiger partial charge in [0.25, 0.3) is 0 Å². The Morgan fingerprint density at radius 3 is 2.75 bits per heavy atom. The van der Waals surface area contributed by atoms with E-state index in [1.54, 1.807) is 0 Å². The fourth-order valence-corrected chi connectivity index (χ4v) is 4.00. The van der Waals surface area contributed by atoms with Crippen LogP contribution in [-0.2, 0) is 6.54 Å². The molecule has 1 aliphatic carbocycles. The van der Waals surface area contributed by atoms with Gasteiger partial charge < -0.3 is 4.90 Å². The number of likely N-dealkylation sites (tertiary alicyclic amines) is 1. The average molecular weight is 274 g/mol. The number of hydrogen-bond acceptors (Lipinski definition) is 3. The largest absolute Gasteiger partial charge is 0.303 e. The van der Waals surface area contributed by atoms with Crippen LogP contribution in [0.3, 0.4) is 0 Å². The third-order valence-electron chi connectivity index (χ3n) is 5.48. The Labute approximate surface area is 121 Å². The maximum Gasteiger partial charge on any atom is 0.0662 e. The Bertz CT molecular complexity index is 445. The summed E-state index contributed by atoms with van der Waals surface area (Å²) in [4.78, 5) is 5.35. The van der Waals surface area contributed by atoms with E-state index in [0.29, 0.717) is 6.04 Å². The zero-order valence-electron chi connectivity index (χ0n) is 12.4. The van der Waals surface area contributed by atoms with Gasteiger partial charge in [0.1, 0.15) is 0 Å². The van der Waals surface area contributed by atoms with Crippen LogP contribution in [0.2, 0.25) is 0 Å². The van der Waals surface area contributed by atoms with Gasteiger partial charge in [-0.1, -0.05) is 6.42 Å². The molecule has 1 saturated carbocycles. The van der Waals surface area contributed by atoms with Crippen LogP contribution in [-0.4, -0.2) is 51.8 Å². The molecule has 0 amide bonds. The number of fused-ring (bicyclic) bond motifs is 1. The van der Waals surface area contributed by atoms with Crippen LogP contribution in [0.15, 0.2) is 12.3 Å². The molecule has 1 aromatic rings. The molecule has 0 aromatic carbocycles. The van der Waals surface area contributed by atoms with Crippen molar-refractivity contribution in [2.24, 2.45) is 0 Å². The quantitative estimate of drug-likeness (QED) is 0.842. The summed E-state index contributed by atoms with van der Waals surface area (Å²) in [6.45, 7) is 6.20. The van der Waals surface area contributed by atoms with Gasteiger partial charge in [0.2, 0.25) is 0 Å². The molecular weight excluding hydrogens is 248 g/mol. The van der Waals surface area contributed by atoms with E-state index in [0.717, 1.165) is 12.6 Å². The first-order valence-electron chi connectivity index (χ1n) is 8.39. The molecular formula is C16H26N4. The van der Waals surface area contributed by atoms with Crippen LogP contribution in [0.5, 0.6) is 0 Å². The molecule has 0 spiro atoms. The van der Waals surface area contributed by atoms with Crippen molar-refractivity contribution in [1.82, 2.24) is 19.6 Å². The zero-order valence-corrected chi connectivity index (χ0v) is 12.4. The van der Waals surface area contributed by atoms with E-state index >= 15 is 0 Å². The van der Waals surface area contributed by atoms with E-state index in [2.05, 4.69) is 25.6 Å². The third-order valence-corrected chi connectivity index (χ3v) is 5.48. The molecule has 1 atom stereocenters. The molecule has 4 nitrogen and oxygen atoms in total. The second-order valence-electron chi connectivity index (χ2n) is 6.77. The highest BCUT2D eigenvalue weighted by atomic mass is 15.4. The number of nitrogens with zero attached hydrogens (tertiary/aromatic N) is 4. The molecule has 0 radical (unpaired) electrons. The maximum absolute atomic E-state index is 4.59. The summed E-state index contributed by atoms with van der Waals surface area (Å²) in [5, 5.41) is 4.59. The Hall–Kier alpha value is -0.870. The summed E-state index contributed by atoms with van der Waals surface area (Å²) in [6, 6.07) is 3.66. The van der Waals surface area contributed by atoms with Crippen LogP contribution >= 0.6 is 0 Å². The molecule has 0 N–H and O–H groups in total. The zero-order chi connectivity index (χ0) is 13.4. The number of aromatic nitrogens is 2. The highest BCUT2D eigenvalue weighted by molar-refractivity contribution is 5.06. The van der Waals surface area contributed by atoms with Gasteiger partial charge in [-0.25, -0.2) is 0 Å². The highest BCUT2D eigenvalue weighted by Crippen LogP contribution is 2.32. The SMILES string of the molecule is c1cc2n(n1)[C@H](CCN1CCCC1)CN(C1CCC1)C2. The molecule has 3 heterocycles. The Morgan fingerprint density at radius 2 is 2.00 bits per heavy atom. The fourth-order valence-electron chi connectivity index (χ4n) is 4.00. The lowest BCUT2D eigenvalue weighted by Gasteiger charge is -2.43. The topological polar surface area (TPSA) is 24.3 Å². The number of rotatable bonds is 4. The normalized spacial score (nSPS) is 28.5.